The minimum atomic E-state index is -0.984. The second-order valence-electron chi connectivity index (χ2n) is 4.14. The molecule has 0 radical (unpaired) electrons. The van der Waals surface area contributed by atoms with Crippen molar-refractivity contribution in [1.29, 1.82) is 0 Å². The molecule has 0 unspecified atom stereocenters. The monoisotopic (exact) mass is 313 g/mol. The van der Waals surface area contributed by atoms with Gasteiger partial charge in [-0.25, -0.2) is 4.79 Å². The molecule has 0 bridgehead atoms. The smallest absolute Gasteiger partial charge is 0.312 e. The average molecular weight is 314 g/mol. The van der Waals surface area contributed by atoms with Crippen molar-refractivity contribution < 1.29 is 19.1 Å². The Bertz CT molecular complexity index is 536. The lowest BCUT2D eigenvalue weighted by atomic mass is 10.3. The first-order valence-electron chi connectivity index (χ1n) is 6.18. The van der Waals surface area contributed by atoms with Gasteiger partial charge in [0, 0.05) is 6.54 Å². The van der Waals surface area contributed by atoms with Crippen LogP contribution in [0.3, 0.4) is 0 Å². The lowest BCUT2D eigenvalue weighted by Crippen LogP contribution is -2.33. The lowest BCUT2D eigenvalue weighted by molar-refractivity contribution is -0.153. The van der Waals surface area contributed by atoms with Crippen LogP contribution in [0.4, 0.5) is 10.5 Å². The molecule has 0 heterocycles. The Morgan fingerprint density at radius 1 is 1.33 bits per heavy atom. The van der Waals surface area contributed by atoms with Crippen molar-refractivity contribution in [3.8, 4) is 0 Å². The van der Waals surface area contributed by atoms with Crippen LogP contribution >= 0.6 is 11.6 Å². The SMILES string of the molecule is C[C@@H](OC(=O)CCNC(N)=O)C(=O)Nc1ccccc1Cl. The molecule has 4 N–H and O–H groups in total. The number of para-hydroxylation sites is 1. The molecule has 0 fully saturated rings. The molecular formula is C13H16ClN3O4. The first-order valence-corrected chi connectivity index (χ1v) is 6.56. The van der Waals surface area contributed by atoms with Crippen LogP contribution in [-0.4, -0.2) is 30.6 Å². The number of halogens is 1. The van der Waals surface area contributed by atoms with E-state index in [2.05, 4.69) is 10.6 Å². The Kier molecular flexibility index (Phi) is 6.48. The Morgan fingerprint density at radius 3 is 2.62 bits per heavy atom. The number of primary amides is 1. The fraction of sp³-hybridized carbons (Fsp3) is 0.308. The molecule has 114 valence electrons. The highest BCUT2D eigenvalue weighted by atomic mass is 35.5. The summed E-state index contributed by atoms with van der Waals surface area (Å²) in [5.41, 5.74) is 5.28. The summed E-state index contributed by atoms with van der Waals surface area (Å²) in [6.45, 7) is 1.48. The number of hydrogen-bond acceptors (Lipinski definition) is 4. The third-order valence-electron chi connectivity index (χ3n) is 2.44. The number of benzene rings is 1. The molecule has 21 heavy (non-hydrogen) atoms. The number of nitrogens with one attached hydrogen (secondary N) is 2. The number of esters is 1. The normalized spacial score (nSPS) is 11.3. The number of hydrogen-bond donors (Lipinski definition) is 3. The van der Waals surface area contributed by atoms with Crippen LogP contribution in [0.15, 0.2) is 24.3 Å². The number of urea groups is 1. The topological polar surface area (TPSA) is 111 Å². The van der Waals surface area contributed by atoms with E-state index in [0.29, 0.717) is 10.7 Å². The standard InChI is InChI=1S/C13H16ClN3O4/c1-8(21-11(18)6-7-16-13(15)20)12(19)17-10-5-3-2-4-9(10)14/h2-5,8H,6-7H2,1H3,(H,17,19)(H3,15,16,20)/t8-/m1/s1. The highest BCUT2D eigenvalue weighted by Gasteiger charge is 2.18. The predicted molar refractivity (Wildman–Crippen MR) is 77.8 cm³/mol. The maximum atomic E-state index is 11.8. The van der Waals surface area contributed by atoms with Gasteiger partial charge >= 0.3 is 12.0 Å². The van der Waals surface area contributed by atoms with Gasteiger partial charge in [0.05, 0.1) is 17.1 Å². The van der Waals surface area contributed by atoms with Crippen LogP contribution in [0.2, 0.25) is 5.02 Å². The van der Waals surface area contributed by atoms with Crippen molar-refractivity contribution in [3.63, 3.8) is 0 Å². The first-order chi connectivity index (χ1) is 9.90. The molecule has 1 aromatic rings. The van der Waals surface area contributed by atoms with Gasteiger partial charge in [-0.05, 0) is 19.1 Å². The van der Waals surface area contributed by atoms with Crippen LogP contribution in [0.25, 0.3) is 0 Å². The van der Waals surface area contributed by atoms with Gasteiger partial charge in [0.2, 0.25) is 0 Å². The molecule has 1 rings (SSSR count). The van der Waals surface area contributed by atoms with Crippen LogP contribution in [-0.2, 0) is 14.3 Å². The van der Waals surface area contributed by atoms with Gasteiger partial charge in [-0.15, -0.1) is 0 Å². The summed E-state index contributed by atoms with van der Waals surface area (Å²) in [6, 6.07) is 5.97. The second kappa shape index (κ2) is 8.11. The van der Waals surface area contributed by atoms with Gasteiger partial charge < -0.3 is 21.1 Å². The molecule has 0 saturated heterocycles. The summed E-state index contributed by atoms with van der Waals surface area (Å²) in [6.07, 6.45) is -1.06. The Balaban J connectivity index is 2.42. The number of carbonyl (C=O) groups is 3. The fourth-order valence-corrected chi connectivity index (χ4v) is 1.58. The number of nitrogens with two attached hydrogens (primary N) is 1. The number of rotatable bonds is 6. The second-order valence-corrected chi connectivity index (χ2v) is 4.55. The number of anilines is 1. The van der Waals surface area contributed by atoms with E-state index in [4.69, 9.17) is 22.1 Å². The van der Waals surface area contributed by atoms with E-state index in [9.17, 15) is 14.4 Å². The molecule has 8 heteroatoms. The van der Waals surface area contributed by atoms with Gasteiger partial charge in [0.25, 0.3) is 5.91 Å². The highest BCUT2D eigenvalue weighted by molar-refractivity contribution is 6.33. The third-order valence-corrected chi connectivity index (χ3v) is 2.77. The average Bonchev–Trinajstić information content (AvgIpc) is 2.40. The summed E-state index contributed by atoms with van der Waals surface area (Å²) < 4.78 is 4.92. The summed E-state index contributed by atoms with van der Waals surface area (Å²) in [5.74, 6) is -1.12. The Morgan fingerprint density at radius 2 is 2.00 bits per heavy atom. The van der Waals surface area contributed by atoms with Crippen molar-refractivity contribution in [3.05, 3.63) is 29.3 Å². The zero-order valence-electron chi connectivity index (χ0n) is 11.4. The number of carbonyl (C=O) groups excluding carboxylic acids is 3. The van der Waals surface area contributed by atoms with Gasteiger partial charge in [0.1, 0.15) is 0 Å². The Labute approximate surface area is 126 Å². The Hall–Kier alpha value is -2.28. The van der Waals surface area contributed by atoms with Crippen LogP contribution in [0.1, 0.15) is 13.3 Å². The molecule has 0 aliphatic carbocycles. The quantitative estimate of drug-likeness (QED) is 0.687. The zero-order valence-corrected chi connectivity index (χ0v) is 12.1. The molecule has 0 spiro atoms. The molecule has 1 aromatic carbocycles. The van der Waals surface area contributed by atoms with Crippen LogP contribution < -0.4 is 16.4 Å². The molecule has 0 saturated carbocycles. The number of ether oxygens (including phenoxy) is 1. The molecule has 0 aliphatic rings. The molecule has 7 nitrogen and oxygen atoms in total. The first kappa shape index (κ1) is 16.8. The summed E-state index contributed by atoms with van der Waals surface area (Å²) >= 11 is 5.90. The molecule has 0 aliphatic heterocycles. The summed E-state index contributed by atoms with van der Waals surface area (Å²) in [5, 5.41) is 5.18. The van der Waals surface area contributed by atoms with Gasteiger partial charge in [-0.3, -0.25) is 9.59 Å². The van der Waals surface area contributed by atoms with E-state index in [1.807, 2.05) is 0 Å². The van der Waals surface area contributed by atoms with Crippen molar-refractivity contribution in [2.24, 2.45) is 5.73 Å². The van der Waals surface area contributed by atoms with Crippen molar-refractivity contribution in [1.82, 2.24) is 5.32 Å². The molecule has 0 aromatic heterocycles. The van der Waals surface area contributed by atoms with Gasteiger partial charge in [-0.1, -0.05) is 23.7 Å². The van der Waals surface area contributed by atoms with E-state index in [-0.39, 0.29) is 13.0 Å². The van der Waals surface area contributed by atoms with E-state index >= 15 is 0 Å². The van der Waals surface area contributed by atoms with Crippen molar-refractivity contribution in [2.45, 2.75) is 19.4 Å². The summed E-state index contributed by atoms with van der Waals surface area (Å²) in [4.78, 5) is 33.7. The van der Waals surface area contributed by atoms with Crippen LogP contribution in [0.5, 0.6) is 0 Å². The number of amides is 3. The van der Waals surface area contributed by atoms with Crippen molar-refractivity contribution >= 4 is 35.2 Å². The molecular weight excluding hydrogens is 298 g/mol. The lowest BCUT2D eigenvalue weighted by Gasteiger charge is -2.14. The van der Waals surface area contributed by atoms with E-state index in [1.54, 1.807) is 24.3 Å². The molecule has 1 atom stereocenters. The van der Waals surface area contributed by atoms with E-state index in [1.165, 1.54) is 6.92 Å². The summed E-state index contributed by atoms with van der Waals surface area (Å²) in [7, 11) is 0. The zero-order chi connectivity index (χ0) is 15.8. The third kappa shape index (κ3) is 6.13. The maximum absolute atomic E-state index is 11.8. The van der Waals surface area contributed by atoms with Crippen molar-refractivity contribution in [2.75, 3.05) is 11.9 Å². The van der Waals surface area contributed by atoms with E-state index in [0.717, 1.165) is 0 Å². The maximum Gasteiger partial charge on any atom is 0.312 e. The van der Waals surface area contributed by atoms with Crippen LogP contribution in [0, 0.1) is 0 Å². The largest absolute Gasteiger partial charge is 0.452 e. The van der Waals surface area contributed by atoms with Gasteiger partial charge in [-0.2, -0.15) is 0 Å². The predicted octanol–water partition coefficient (Wildman–Crippen LogP) is 1.27. The molecule has 3 amide bonds. The fourth-order valence-electron chi connectivity index (χ4n) is 1.39. The van der Waals surface area contributed by atoms with E-state index < -0.39 is 24.0 Å². The minimum Gasteiger partial charge on any atom is -0.452 e. The highest BCUT2D eigenvalue weighted by Crippen LogP contribution is 2.20. The van der Waals surface area contributed by atoms with Gasteiger partial charge in [0.15, 0.2) is 6.10 Å². The minimum absolute atomic E-state index is 0.0486.